The first-order valence-corrected chi connectivity index (χ1v) is 12.0. The highest BCUT2D eigenvalue weighted by molar-refractivity contribution is 8.00. The Morgan fingerprint density at radius 3 is 2.34 bits per heavy atom. The van der Waals surface area contributed by atoms with Crippen molar-refractivity contribution in [3.8, 4) is 0 Å². The van der Waals surface area contributed by atoms with Gasteiger partial charge in [0.15, 0.2) is 0 Å². The maximum Gasteiger partial charge on any atom is 0.251 e. The second-order valence-electron chi connectivity index (χ2n) is 8.08. The summed E-state index contributed by atoms with van der Waals surface area (Å²) in [6.07, 6.45) is 1.00. The lowest BCUT2D eigenvalue weighted by Gasteiger charge is -2.24. The molecule has 5 heteroatoms. The molecule has 1 aliphatic rings. The van der Waals surface area contributed by atoms with Crippen LogP contribution in [0.3, 0.4) is 0 Å². The van der Waals surface area contributed by atoms with Crippen molar-refractivity contribution in [2.24, 2.45) is 0 Å². The Balaban J connectivity index is 1.42. The summed E-state index contributed by atoms with van der Waals surface area (Å²) >= 11 is 1.63. The van der Waals surface area contributed by atoms with Gasteiger partial charge in [0.2, 0.25) is 5.91 Å². The molecular formula is C27H28N2O2S. The van der Waals surface area contributed by atoms with Crippen LogP contribution in [0.25, 0.3) is 0 Å². The first kappa shape index (κ1) is 22.2. The Hall–Kier alpha value is -3.05. The zero-order valence-corrected chi connectivity index (χ0v) is 19.3. The topological polar surface area (TPSA) is 49.4 Å². The van der Waals surface area contributed by atoms with Crippen LogP contribution in [-0.4, -0.2) is 22.5 Å². The summed E-state index contributed by atoms with van der Waals surface area (Å²) in [6.45, 7) is 4.72. The van der Waals surface area contributed by atoms with Crippen molar-refractivity contribution in [2.75, 3.05) is 5.75 Å². The first-order valence-electron chi connectivity index (χ1n) is 11.0. The monoisotopic (exact) mass is 444 g/mol. The molecule has 2 atom stereocenters. The number of aryl methyl sites for hydroxylation is 1. The van der Waals surface area contributed by atoms with Crippen molar-refractivity contribution in [2.45, 2.75) is 38.2 Å². The minimum Gasteiger partial charge on any atom is -0.346 e. The maximum absolute atomic E-state index is 12.8. The fourth-order valence-corrected chi connectivity index (χ4v) is 5.07. The van der Waals surface area contributed by atoms with E-state index in [0.29, 0.717) is 17.9 Å². The highest BCUT2D eigenvalue weighted by Gasteiger charge is 2.32. The van der Waals surface area contributed by atoms with E-state index in [9.17, 15) is 9.59 Å². The van der Waals surface area contributed by atoms with Gasteiger partial charge in [-0.1, -0.05) is 73.7 Å². The van der Waals surface area contributed by atoms with Crippen molar-refractivity contribution in [3.05, 3.63) is 107 Å². The van der Waals surface area contributed by atoms with E-state index in [2.05, 4.69) is 36.5 Å². The number of nitrogens with one attached hydrogen (secondary N) is 1. The Kier molecular flexibility index (Phi) is 6.96. The van der Waals surface area contributed by atoms with Crippen LogP contribution in [0.1, 0.15) is 57.9 Å². The standard InChI is InChI=1S/C27H28N2O2S/c1-3-20-9-11-22(12-10-20)19(2)28-26(31)23-13-15-24(16-14-23)27-29(25(30)18-32-27)17-21-7-5-4-6-8-21/h4-16,19,27H,3,17-18H2,1-2H3,(H,28,31)/t19-,27+/m1/s1. The third-order valence-electron chi connectivity index (χ3n) is 5.86. The minimum atomic E-state index is -0.0973. The normalized spacial score (nSPS) is 16.8. The van der Waals surface area contributed by atoms with Gasteiger partial charge in [0.1, 0.15) is 5.37 Å². The summed E-state index contributed by atoms with van der Waals surface area (Å²) < 4.78 is 0. The van der Waals surface area contributed by atoms with E-state index in [0.717, 1.165) is 23.1 Å². The van der Waals surface area contributed by atoms with Gasteiger partial charge in [0, 0.05) is 12.1 Å². The first-order chi connectivity index (χ1) is 15.5. The number of thioether (sulfide) groups is 1. The van der Waals surface area contributed by atoms with Crippen LogP contribution >= 0.6 is 11.8 Å². The second kappa shape index (κ2) is 10.0. The summed E-state index contributed by atoms with van der Waals surface area (Å²) in [5.41, 5.74) is 5.15. The molecule has 1 N–H and O–H groups in total. The van der Waals surface area contributed by atoms with Gasteiger partial charge in [-0.25, -0.2) is 0 Å². The summed E-state index contributed by atoms with van der Waals surface area (Å²) in [7, 11) is 0. The lowest BCUT2D eigenvalue weighted by atomic mass is 10.0. The Morgan fingerprint density at radius 2 is 1.69 bits per heavy atom. The Bertz CT molecular complexity index is 1070. The molecule has 1 heterocycles. The lowest BCUT2D eigenvalue weighted by Crippen LogP contribution is -2.28. The molecule has 0 aliphatic carbocycles. The van der Waals surface area contributed by atoms with Crippen LogP contribution < -0.4 is 5.32 Å². The molecule has 1 fully saturated rings. The molecule has 3 aromatic rings. The number of benzene rings is 3. The van der Waals surface area contributed by atoms with Gasteiger partial charge >= 0.3 is 0 Å². The molecule has 0 saturated carbocycles. The number of carbonyl (C=O) groups is 2. The molecule has 4 rings (SSSR count). The quantitative estimate of drug-likeness (QED) is 0.522. The van der Waals surface area contributed by atoms with E-state index < -0.39 is 0 Å². The van der Waals surface area contributed by atoms with Crippen LogP contribution in [0, 0.1) is 0 Å². The number of hydrogen-bond donors (Lipinski definition) is 1. The zero-order chi connectivity index (χ0) is 22.5. The molecule has 0 bridgehead atoms. The SMILES string of the molecule is CCc1ccc([C@@H](C)NC(=O)c2ccc([C@@H]3SCC(=O)N3Cc3ccccc3)cc2)cc1. The van der Waals surface area contributed by atoms with Crippen LogP contribution in [0.2, 0.25) is 0 Å². The number of hydrogen-bond acceptors (Lipinski definition) is 3. The van der Waals surface area contributed by atoms with Gasteiger partial charge in [-0.15, -0.1) is 11.8 Å². The third-order valence-corrected chi connectivity index (χ3v) is 7.11. The number of nitrogens with zero attached hydrogens (tertiary/aromatic N) is 1. The van der Waals surface area contributed by atoms with E-state index in [1.807, 2.05) is 66.4 Å². The largest absolute Gasteiger partial charge is 0.346 e. The minimum absolute atomic E-state index is 0.0316. The number of rotatable bonds is 7. The smallest absolute Gasteiger partial charge is 0.251 e. The average molecular weight is 445 g/mol. The molecule has 0 radical (unpaired) electrons. The molecule has 0 unspecified atom stereocenters. The zero-order valence-electron chi connectivity index (χ0n) is 18.5. The fourth-order valence-electron chi connectivity index (χ4n) is 3.89. The Morgan fingerprint density at radius 1 is 1.00 bits per heavy atom. The van der Waals surface area contributed by atoms with E-state index in [1.54, 1.807) is 11.8 Å². The third kappa shape index (κ3) is 5.05. The summed E-state index contributed by atoms with van der Waals surface area (Å²) in [6, 6.07) is 25.9. The average Bonchev–Trinajstić information content (AvgIpc) is 3.19. The Labute approximate surface area is 194 Å². The predicted octanol–water partition coefficient (Wildman–Crippen LogP) is 5.51. The van der Waals surface area contributed by atoms with Gasteiger partial charge in [-0.2, -0.15) is 0 Å². The predicted molar refractivity (Wildman–Crippen MR) is 130 cm³/mol. The molecule has 3 aromatic carbocycles. The molecule has 1 saturated heterocycles. The summed E-state index contributed by atoms with van der Waals surface area (Å²) in [4.78, 5) is 27.1. The molecule has 0 spiro atoms. The van der Waals surface area contributed by atoms with Gasteiger partial charge in [0.25, 0.3) is 5.91 Å². The van der Waals surface area contributed by atoms with Gasteiger partial charge < -0.3 is 10.2 Å². The van der Waals surface area contributed by atoms with Crippen molar-refractivity contribution in [1.82, 2.24) is 10.2 Å². The van der Waals surface area contributed by atoms with Gasteiger partial charge in [-0.05, 0) is 47.7 Å². The van der Waals surface area contributed by atoms with Crippen LogP contribution in [-0.2, 0) is 17.8 Å². The molecule has 0 aromatic heterocycles. The van der Waals surface area contributed by atoms with E-state index in [1.165, 1.54) is 5.56 Å². The van der Waals surface area contributed by atoms with Crippen LogP contribution in [0.15, 0.2) is 78.9 Å². The van der Waals surface area contributed by atoms with Gasteiger partial charge in [-0.3, -0.25) is 9.59 Å². The number of amides is 2. The summed E-state index contributed by atoms with van der Waals surface area (Å²) in [5.74, 6) is 0.530. The summed E-state index contributed by atoms with van der Waals surface area (Å²) in [5, 5.41) is 3.05. The van der Waals surface area contributed by atoms with E-state index in [4.69, 9.17) is 0 Å². The molecule has 1 aliphatic heterocycles. The highest BCUT2D eigenvalue weighted by Crippen LogP contribution is 2.39. The molecule has 32 heavy (non-hydrogen) atoms. The molecule has 2 amide bonds. The maximum atomic E-state index is 12.8. The van der Waals surface area contributed by atoms with Crippen molar-refractivity contribution in [1.29, 1.82) is 0 Å². The van der Waals surface area contributed by atoms with Crippen molar-refractivity contribution in [3.63, 3.8) is 0 Å². The van der Waals surface area contributed by atoms with E-state index >= 15 is 0 Å². The number of carbonyl (C=O) groups excluding carboxylic acids is 2. The van der Waals surface area contributed by atoms with Crippen molar-refractivity contribution >= 4 is 23.6 Å². The van der Waals surface area contributed by atoms with Crippen LogP contribution in [0.5, 0.6) is 0 Å². The molecule has 4 nitrogen and oxygen atoms in total. The van der Waals surface area contributed by atoms with Crippen molar-refractivity contribution < 1.29 is 9.59 Å². The second-order valence-corrected chi connectivity index (χ2v) is 9.15. The van der Waals surface area contributed by atoms with Crippen LogP contribution in [0.4, 0.5) is 0 Å². The lowest BCUT2D eigenvalue weighted by molar-refractivity contribution is -0.128. The highest BCUT2D eigenvalue weighted by atomic mass is 32.2. The van der Waals surface area contributed by atoms with E-state index in [-0.39, 0.29) is 23.2 Å². The molecule has 164 valence electrons. The van der Waals surface area contributed by atoms with Gasteiger partial charge in [0.05, 0.1) is 11.8 Å². The fraction of sp³-hybridized carbons (Fsp3) is 0.259. The molecular weight excluding hydrogens is 416 g/mol.